The highest BCUT2D eigenvalue weighted by molar-refractivity contribution is 5.89. The lowest BCUT2D eigenvalue weighted by Gasteiger charge is -2.30. The van der Waals surface area contributed by atoms with Crippen LogP contribution in [0, 0.1) is 29.1 Å². The van der Waals surface area contributed by atoms with Gasteiger partial charge >= 0.3 is 36.1 Å². The number of oxime groups is 1. The summed E-state index contributed by atoms with van der Waals surface area (Å²) in [5.74, 6) is 0.486. The van der Waals surface area contributed by atoms with Crippen molar-refractivity contribution < 1.29 is 72.9 Å². The number of aromatic nitrogens is 4. The maximum absolute atomic E-state index is 13.3. The maximum Gasteiger partial charge on any atom is 0.410 e. The minimum absolute atomic E-state index is 0.0316. The second-order valence-corrected chi connectivity index (χ2v) is 31.8. The standard InChI is InChI=1S/C27H35N3O5.C22H27N3O3.C19H27N3O3.C8H12O4/c1-26(2,3)34-25(33)30(21-15-20(21)17-7-5-4-6-8-17)16-27(13-14-27)24-28-22(35-29-24)18-9-11-19(12-10-18)23(31)32;26-20(27)16-8-6-15(7-9-16)19-24-21(25-28-19)22(10-11-22)13-23-18-12-17(18)14-4-2-1-3-5-14;1-18(2,3)25-17(23)22(12-19(9-10-19)16(20)21-24)15-11-14(15)13-7-5-4-6-8-13;9-7(10)5-1-2-6(4-3-5)8(11)12/h4-8,18-21H,9-16H2,1-3H3,(H,31,32);1-5,15-18,23H,6-13H2,(H,26,27);4-8,14-15,24H,9-12H2,1-3H3,(H2,20,21);5-6H,1-4H2,(H,9,10)(H,11,12)/t18?,19?,20?,21-;15?,16?,17?,18-;14?,15-;/m000./s1. The molecule has 9 saturated carbocycles. The molecular weight excluding hydrogens is 1280 g/mol. The fourth-order valence-corrected chi connectivity index (χ4v) is 14.9. The first kappa shape index (κ1) is 72.8. The van der Waals surface area contributed by atoms with E-state index >= 15 is 0 Å². The molecule has 9 fully saturated rings. The van der Waals surface area contributed by atoms with Crippen LogP contribution in [0.15, 0.2) is 105 Å². The number of nitrogens with zero attached hydrogens (tertiary/aromatic N) is 7. The van der Waals surface area contributed by atoms with E-state index in [1.807, 2.05) is 82.8 Å². The van der Waals surface area contributed by atoms with Crippen LogP contribution in [0.1, 0.15) is 246 Å². The van der Waals surface area contributed by atoms with E-state index in [4.69, 9.17) is 54.7 Å². The van der Waals surface area contributed by atoms with Gasteiger partial charge in [-0.15, -0.1) is 0 Å². The first-order valence-electron chi connectivity index (χ1n) is 36.1. The van der Waals surface area contributed by atoms with Crippen molar-refractivity contribution in [3.63, 3.8) is 0 Å². The molecule has 2 amide bonds. The first-order chi connectivity index (χ1) is 47.7. The van der Waals surface area contributed by atoms with Crippen LogP contribution in [0.25, 0.3) is 0 Å². The zero-order chi connectivity index (χ0) is 71.3. The molecule has 0 bridgehead atoms. The number of nitrogens with two attached hydrogens (primary N) is 1. The van der Waals surface area contributed by atoms with Crippen molar-refractivity contribution in [2.75, 3.05) is 19.6 Å². The Kier molecular flexibility index (Phi) is 22.2. The highest BCUT2D eigenvalue weighted by Gasteiger charge is 2.57. The van der Waals surface area contributed by atoms with E-state index in [1.165, 1.54) is 23.1 Å². The Morgan fingerprint density at radius 2 is 0.860 bits per heavy atom. The lowest BCUT2D eigenvalue weighted by Crippen LogP contribution is -2.45. The summed E-state index contributed by atoms with van der Waals surface area (Å²) in [6.45, 7) is 13.1. The normalized spacial score (nSPS) is 27.8. The van der Waals surface area contributed by atoms with Crippen LogP contribution < -0.4 is 11.1 Å². The number of carbonyl (C=O) groups excluding carboxylic acids is 2. The number of carboxylic acid groups (broad SMARTS) is 4. The number of amidine groups is 1. The van der Waals surface area contributed by atoms with Gasteiger partial charge in [0.15, 0.2) is 11.6 Å². The van der Waals surface area contributed by atoms with Gasteiger partial charge in [-0.1, -0.05) is 106 Å². The number of hydrogen-bond acceptors (Lipinski definition) is 17. The Balaban J connectivity index is 0.000000141. The second kappa shape index (κ2) is 30.4. The number of carboxylic acids is 4. The smallest absolute Gasteiger partial charge is 0.410 e. The van der Waals surface area contributed by atoms with Crippen LogP contribution >= 0.6 is 0 Å². The molecule has 2 aromatic heterocycles. The summed E-state index contributed by atoms with van der Waals surface area (Å²) < 4.78 is 22.7. The van der Waals surface area contributed by atoms with Crippen LogP contribution in [0.2, 0.25) is 0 Å². The minimum atomic E-state index is -0.793. The topological polar surface area (TPSA) is 357 Å². The predicted octanol–water partition coefficient (Wildman–Crippen LogP) is 13.1. The Hall–Kier alpha value is -8.41. The summed E-state index contributed by atoms with van der Waals surface area (Å²) in [5.41, 5.74) is 7.96. The molecule has 9 aliphatic carbocycles. The van der Waals surface area contributed by atoms with Gasteiger partial charge in [0, 0.05) is 78.2 Å². The monoisotopic (exact) mass is 1380 g/mol. The zero-order valence-corrected chi connectivity index (χ0v) is 58.6. The molecule has 24 heteroatoms. The van der Waals surface area contributed by atoms with Gasteiger partial charge in [-0.2, -0.15) is 9.97 Å². The van der Waals surface area contributed by atoms with Gasteiger partial charge in [-0.25, -0.2) is 9.59 Å². The van der Waals surface area contributed by atoms with Gasteiger partial charge in [0.25, 0.3) is 0 Å². The average molecular weight is 1380 g/mol. The molecule has 8 N–H and O–H groups in total. The van der Waals surface area contributed by atoms with Crippen molar-refractivity contribution in [1.29, 1.82) is 0 Å². The molecule has 3 aromatic carbocycles. The predicted molar refractivity (Wildman–Crippen MR) is 368 cm³/mol. The van der Waals surface area contributed by atoms with E-state index in [2.05, 4.69) is 75.4 Å². The van der Waals surface area contributed by atoms with E-state index in [-0.39, 0.29) is 76.4 Å². The van der Waals surface area contributed by atoms with Gasteiger partial charge < -0.3 is 65.0 Å². The van der Waals surface area contributed by atoms with E-state index in [9.17, 15) is 33.9 Å². The molecule has 0 aliphatic heterocycles. The van der Waals surface area contributed by atoms with Gasteiger partial charge in [-0.05, 0) is 193 Å². The second-order valence-electron chi connectivity index (χ2n) is 31.8. The highest BCUT2D eigenvalue weighted by Crippen LogP contribution is 2.54. The summed E-state index contributed by atoms with van der Waals surface area (Å²) in [6.07, 6.45) is 15.9. The van der Waals surface area contributed by atoms with E-state index in [1.54, 1.807) is 4.90 Å². The Morgan fingerprint density at radius 1 is 0.510 bits per heavy atom. The van der Waals surface area contributed by atoms with Crippen molar-refractivity contribution >= 4 is 41.9 Å². The Labute approximate surface area is 584 Å². The van der Waals surface area contributed by atoms with Crippen LogP contribution in [-0.2, 0) is 39.5 Å². The van der Waals surface area contributed by atoms with Gasteiger partial charge in [0.1, 0.15) is 17.0 Å². The average Bonchev–Trinajstić information content (AvgIpc) is 1.60. The summed E-state index contributed by atoms with van der Waals surface area (Å²) in [6, 6.07) is 32.0. The molecule has 0 spiro atoms. The number of nitrogens with one attached hydrogen (secondary N) is 1. The Morgan fingerprint density at radius 3 is 1.20 bits per heavy atom. The van der Waals surface area contributed by atoms with Gasteiger partial charge in [0.2, 0.25) is 11.8 Å². The molecule has 6 atom stereocenters. The number of hydrogen-bond donors (Lipinski definition) is 7. The number of ether oxygens (including phenoxy) is 2. The maximum atomic E-state index is 13.3. The van der Waals surface area contributed by atoms with Crippen LogP contribution in [0.5, 0.6) is 0 Å². The molecule has 14 rings (SSSR count). The van der Waals surface area contributed by atoms with E-state index < -0.39 is 40.5 Å². The summed E-state index contributed by atoms with van der Waals surface area (Å²) in [4.78, 5) is 82.6. The third-order valence-electron chi connectivity index (χ3n) is 22.0. The summed E-state index contributed by atoms with van der Waals surface area (Å²) in [7, 11) is 0. The zero-order valence-electron chi connectivity index (χ0n) is 58.6. The van der Waals surface area contributed by atoms with Crippen LogP contribution in [-0.4, -0.2) is 147 Å². The molecule has 2 heterocycles. The van der Waals surface area contributed by atoms with E-state index in [0.717, 1.165) is 89.4 Å². The molecule has 5 aromatic rings. The fraction of sp³-hybridized carbons (Fsp3) is 0.618. The number of rotatable bonds is 21. The molecule has 24 nitrogen and oxygen atoms in total. The molecule has 100 heavy (non-hydrogen) atoms. The van der Waals surface area contributed by atoms with Gasteiger partial charge in [0.05, 0.1) is 29.1 Å². The minimum Gasteiger partial charge on any atom is -0.481 e. The van der Waals surface area contributed by atoms with Crippen LogP contribution in [0.4, 0.5) is 9.59 Å². The largest absolute Gasteiger partial charge is 0.481 e. The third-order valence-corrected chi connectivity index (χ3v) is 22.0. The number of carbonyl (C=O) groups is 6. The van der Waals surface area contributed by atoms with Crippen LogP contribution in [0.3, 0.4) is 0 Å². The summed E-state index contributed by atoms with van der Waals surface area (Å²) >= 11 is 0. The lowest BCUT2D eigenvalue weighted by atomic mass is 9.82. The third kappa shape index (κ3) is 18.6. The molecule has 3 unspecified atom stereocenters. The van der Waals surface area contributed by atoms with E-state index in [0.29, 0.717) is 106 Å². The van der Waals surface area contributed by atoms with Crippen molar-refractivity contribution in [2.24, 2.45) is 40.0 Å². The van der Waals surface area contributed by atoms with Crippen molar-refractivity contribution in [1.82, 2.24) is 35.4 Å². The highest BCUT2D eigenvalue weighted by atomic mass is 16.6. The molecule has 0 saturated heterocycles. The Bertz CT molecular complexity index is 3620. The number of aliphatic carboxylic acids is 4. The quantitative estimate of drug-likeness (QED) is 0.0155. The van der Waals surface area contributed by atoms with Crippen molar-refractivity contribution in [2.45, 2.75) is 246 Å². The molecular formula is C76H101N9O15. The van der Waals surface area contributed by atoms with Crippen molar-refractivity contribution in [3.8, 4) is 0 Å². The fourth-order valence-electron chi connectivity index (χ4n) is 14.9. The summed E-state index contributed by atoms with van der Waals surface area (Å²) in [5, 5.41) is 60.3. The molecule has 9 aliphatic rings. The van der Waals surface area contributed by atoms with Gasteiger partial charge in [-0.3, -0.25) is 19.2 Å². The molecule has 540 valence electrons. The molecule has 0 radical (unpaired) electrons. The first-order valence-corrected chi connectivity index (χ1v) is 36.1. The number of benzene rings is 3. The SMILES string of the molecule is CC(C)(C)OC(=O)N(CC1(C(N)=NO)CC1)[C@H]1CC1c1ccccc1.CC(C)(C)OC(=O)N(CC1(c2noc(C3CCC(C(=O)O)CC3)n2)CC1)[C@H]1CC1c1ccccc1.O=C(O)C1CCC(C(=O)O)CC1.O=C(O)C1CCC(c2nc(C3(CN[C@H]4CC4c4ccccc4)CC3)no2)CC1. The van der Waals surface area contributed by atoms with Crippen molar-refractivity contribution in [3.05, 3.63) is 131 Å². The number of amides is 2. The lowest BCUT2D eigenvalue weighted by molar-refractivity contribution is -0.148.